The molecule has 0 amide bonds. The molecule has 1 atom stereocenters. The van der Waals surface area contributed by atoms with Crippen molar-refractivity contribution in [2.45, 2.75) is 71.2 Å². The van der Waals surface area contributed by atoms with Crippen LogP contribution in [-0.4, -0.2) is 27.3 Å². The van der Waals surface area contributed by atoms with Crippen LogP contribution in [0.5, 0.6) is 0 Å². The van der Waals surface area contributed by atoms with Crippen molar-refractivity contribution in [1.29, 1.82) is 0 Å². The third-order valence-corrected chi connectivity index (χ3v) is 6.78. The molecule has 2 aromatic heterocycles. The first-order chi connectivity index (χ1) is 12.1. The SMILES string of the molecule is Cc1nn(C)c(C)c1CN(Cc1ccc([C@@H]2CCCCO2)s1)C1CC1. The van der Waals surface area contributed by atoms with E-state index in [1.165, 1.54) is 58.8 Å². The summed E-state index contributed by atoms with van der Waals surface area (Å²) in [4.78, 5) is 5.53. The summed E-state index contributed by atoms with van der Waals surface area (Å²) >= 11 is 1.95. The van der Waals surface area contributed by atoms with Gasteiger partial charge in [-0.1, -0.05) is 0 Å². The van der Waals surface area contributed by atoms with E-state index < -0.39 is 0 Å². The van der Waals surface area contributed by atoms with Gasteiger partial charge in [0.25, 0.3) is 0 Å². The summed E-state index contributed by atoms with van der Waals surface area (Å²) in [6, 6.07) is 5.35. The Morgan fingerprint density at radius 2 is 2.04 bits per heavy atom. The second kappa shape index (κ2) is 7.22. The maximum atomic E-state index is 5.96. The van der Waals surface area contributed by atoms with E-state index in [9.17, 15) is 0 Å². The maximum absolute atomic E-state index is 5.96. The van der Waals surface area contributed by atoms with Gasteiger partial charge in [0.05, 0.1) is 11.8 Å². The topological polar surface area (TPSA) is 30.3 Å². The molecule has 136 valence electrons. The molecule has 4 nitrogen and oxygen atoms in total. The van der Waals surface area contributed by atoms with Gasteiger partial charge in [0, 0.05) is 53.8 Å². The Labute approximate surface area is 154 Å². The third-order valence-electron chi connectivity index (χ3n) is 5.62. The van der Waals surface area contributed by atoms with Gasteiger partial charge < -0.3 is 4.74 Å². The third kappa shape index (κ3) is 3.83. The number of nitrogens with zero attached hydrogens (tertiary/aromatic N) is 3. The second-order valence-electron chi connectivity index (χ2n) is 7.57. The number of hydrogen-bond donors (Lipinski definition) is 0. The van der Waals surface area contributed by atoms with Gasteiger partial charge in [0.1, 0.15) is 0 Å². The van der Waals surface area contributed by atoms with E-state index >= 15 is 0 Å². The first kappa shape index (κ1) is 17.3. The van der Waals surface area contributed by atoms with Gasteiger partial charge >= 0.3 is 0 Å². The summed E-state index contributed by atoms with van der Waals surface area (Å²) in [5.74, 6) is 0. The first-order valence-electron chi connectivity index (χ1n) is 9.55. The Hall–Kier alpha value is -1.17. The lowest BCUT2D eigenvalue weighted by Gasteiger charge is -2.22. The van der Waals surface area contributed by atoms with Crippen molar-refractivity contribution in [2.75, 3.05) is 6.61 Å². The Bertz CT molecular complexity index is 725. The predicted molar refractivity (Wildman–Crippen MR) is 102 cm³/mol. The number of thiophene rings is 1. The number of aromatic nitrogens is 2. The highest BCUT2D eigenvalue weighted by Gasteiger charge is 2.30. The summed E-state index contributed by atoms with van der Waals surface area (Å²) in [6.07, 6.45) is 6.70. The normalized spacial score (nSPS) is 21.2. The summed E-state index contributed by atoms with van der Waals surface area (Å²) in [6.45, 7) is 7.31. The smallest absolute Gasteiger partial charge is 0.0916 e. The fourth-order valence-electron chi connectivity index (χ4n) is 3.82. The monoisotopic (exact) mass is 359 g/mol. The molecule has 1 aliphatic carbocycles. The van der Waals surface area contributed by atoms with Crippen molar-refractivity contribution in [2.24, 2.45) is 7.05 Å². The Morgan fingerprint density at radius 3 is 2.68 bits per heavy atom. The van der Waals surface area contributed by atoms with Crippen molar-refractivity contribution in [3.05, 3.63) is 38.8 Å². The Kier molecular flexibility index (Phi) is 4.98. The van der Waals surface area contributed by atoms with E-state index in [-0.39, 0.29) is 0 Å². The molecule has 5 heteroatoms. The van der Waals surface area contributed by atoms with E-state index in [0.717, 1.165) is 25.7 Å². The minimum atomic E-state index is 0.338. The van der Waals surface area contributed by atoms with Gasteiger partial charge in [-0.2, -0.15) is 5.10 Å². The summed E-state index contributed by atoms with van der Waals surface area (Å²) in [5.41, 5.74) is 3.88. The lowest BCUT2D eigenvalue weighted by molar-refractivity contribution is 0.0172. The highest BCUT2D eigenvalue weighted by molar-refractivity contribution is 7.12. The van der Waals surface area contributed by atoms with E-state index in [4.69, 9.17) is 4.74 Å². The van der Waals surface area contributed by atoms with Gasteiger partial charge in [-0.25, -0.2) is 0 Å². The van der Waals surface area contributed by atoms with Crippen LogP contribution in [0.3, 0.4) is 0 Å². The largest absolute Gasteiger partial charge is 0.373 e. The van der Waals surface area contributed by atoms with Crippen LogP contribution in [0, 0.1) is 13.8 Å². The molecule has 0 radical (unpaired) electrons. The number of ether oxygens (including phenoxy) is 1. The molecule has 0 unspecified atom stereocenters. The standard InChI is InChI=1S/C20H29N3OS/c1-14-18(15(2)22(3)21-14)13-23(16-7-8-16)12-17-9-10-20(25-17)19-6-4-5-11-24-19/h9-10,16,19H,4-8,11-13H2,1-3H3/t19-/m0/s1. The van der Waals surface area contributed by atoms with Crippen molar-refractivity contribution >= 4 is 11.3 Å². The lowest BCUT2D eigenvalue weighted by atomic mass is 10.1. The predicted octanol–water partition coefficient (Wildman–Crippen LogP) is 4.50. The second-order valence-corrected chi connectivity index (χ2v) is 8.77. The quantitative estimate of drug-likeness (QED) is 0.760. The number of hydrogen-bond acceptors (Lipinski definition) is 4. The molecule has 3 heterocycles. The average molecular weight is 360 g/mol. The van der Waals surface area contributed by atoms with Crippen LogP contribution >= 0.6 is 11.3 Å². The fraction of sp³-hybridized carbons (Fsp3) is 0.650. The molecule has 0 aromatic carbocycles. The van der Waals surface area contributed by atoms with Gasteiger partial charge in [0.15, 0.2) is 0 Å². The molecule has 25 heavy (non-hydrogen) atoms. The van der Waals surface area contributed by atoms with Crippen molar-refractivity contribution in [3.63, 3.8) is 0 Å². The van der Waals surface area contributed by atoms with E-state index in [1.807, 2.05) is 23.1 Å². The zero-order chi connectivity index (χ0) is 17.4. The van der Waals surface area contributed by atoms with Crippen LogP contribution in [0.2, 0.25) is 0 Å². The summed E-state index contributed by atoms with van der Waals surface area (Å²) < 4.78 is 7.97. The Morgan fingerprint density at radius 1 is 1.20 bits per heavy atom. The molecule has 0 bridgehead atoms. The van der Waals surface area contributed by atoms with Gasteiger partial charge in [-0.15, -0.1) is 11.3 Å². The molecule has 2 aliphatic rings. The lowest BCUT2D eigenvalue weighted by Crippen LogP contribution is -2.25. The van der Waals surface area contributed by atoms with Crippen LogP contribution in [0.15, 0.2) is 12.1 Å². The summed E-state index contributed by atoms with van der Waals surface area (Å²) in [5, 5.41) is 4.59. The van der Waals surface area contributed by atoms with Crippen LogP contribution in [-0.2, 0) is 24.9 Å². The van der Waals surface area contributed by atoms with Gasteiger partial charge in [-0.3, -0.25) is 9.58 Å². The van der Waals surface area contributed by atoms with Crippen LogP contribution in [0.4, 0.5) is 0 Å². The van der Waals surface area contributed by atoms with Crippen LogP contribution in [0.25, 0.3) is 0 Å². The molecule has 1 aliphatic heterocycles. The molecule has 1 saturated heterocycles. The zero-order valence-corrected chi connectivity index (χ0v) is 16.4. The van der Waals surface area contributed by atoms with E-state index in [0.29, 0.717) is 6.10 Å². The zero-order valence-electron chi connectivity index (χ0n) is 15.6. The van der Waals surface area contributed by atoms with Crippen molar-refractivity contribution < 1.29 is 4.74 Å². The van der Waals surface area contributed by atoms with Gasteiger partial charge in [0.2, 0.25) is 0 Å². The maximum Gasteiger partial charge on any atom is 0.0916 e. The molecule has 1 saturated carbocycles. The highest BCUT2D eigenvalue weighted by atomic mass is 32.1. The summed E-state index contributed by atoms with van der Waals surface area (Å²) in [7, 11) is 2.04. The molecular formula is C20H29N3OS. The van der Waals surface area contributed by atoms with E-state index in [1.54, 1.807) is 0 Å². The van der Waals surface area contributed by atoms with Crippen LogP contribution in [0.1, 0.15) is 64.9 Å². The first-order valence-corrected chi connectivity index (χ1v) is 10.4. The van der Waals surface area contributed by atoms with E-state index in [2.05, 4.69) is 36.0 Å². The molecule has 0 N–H and O–H groups in total. The molecule has 4 rings (SSSR count). The number of aryl methyl sites for hydroxylation is 2. The molecular weight excluding hydrogens is 330 g/mol. The molecule has 0 spiro atoms. The fourth-order valence-corrected chi connectivity index (χ4v) is 4.94. The minimum Gasteiger partial charge on any atom is -0.373 e. The van der Waals surface area contributed by atoms with Crippen molar-refractivity contribution in [1.82, 2.24) is 14.7 Å². The van der Waals surface area contributed by atoms with Crippen molar-refractivity contribution in [3.8, 4) is 0 Å². The molecule has 2 aromatic rings. The van der Waals surface area contributed by atoms with Crippen LogP contribution < -0.4 is 0 Å². The van der Waals surface area contributed by atoms with Gasteiger partial charge in [-0.05, 0) is 58.1 Å². The molecule has 2 fully saturated rings. The highest BCUT2D eigenvalue weighted by Crippen LogP contribution is 2.35. The average Bonchev–Trinajstić information content (AvgIpc) is 3.31. The minimum absolute atomic E-state index is 0.338. The number of rotatable bonds is 6. The Balaban J connectivity index is 1.46.